The van der Waals surface area contributed by atoms with Crippen LogP contribution in [-0.4, -0.2) is 0 Å². The third-order valence-corrected chi connectivity index (χ3v) is 3.15. The predicted octanol–water partition coefficient (Wildman–Crippen LogP) is 3.91. The Hall–Kier alpha value is -1.38. The minimum absolute atomic E-state index is 0.204. The normalized spacial score (nSPS) is 10.6. The molecule has 2 rings (SSSR count). The lowest BCUT2D eigenvalue weighted by atomic mass is 9.98. The summed E-state index contributed by atoms with van der Waals surface area (Å²) in [5.41, 5.74) is 9.10. The van der Waals surface area contributed by atoms with Gasteiger partial charge < -0.3 is 5.73 Å². The summed E-state index contributed by atoms with van der Waals surface area (Å²) < 4.78 is 13.2. The maximum atomic E-state index is 13.2. The Morgan fingerprint density at radius 3 is 2.65 bits per heavy atom. The number of hydrogen-bond acceptors (Lipinski definition) is 1. The van der Waals surface area contributed by atoms with Crippen molar-refractivity contribution in [3.05, 3.63) is 58.4 Å². The lowest BCUT2D eigenvalue weighted by Gasteiger charge is -2.10. The van der Waals surface area contributed by atoms with E-state index in [1.165, 1.54) is 6.07 Å². The van der Waals surface area contributed by atoms with Crippen LogP contribution in [0.2, 0.25) is 5.02 Å². The number of benzene rings is 2. The van der Waals surface area contributed by atoms with E-state index in [0.29, 0.717) is 17.1 Å². The third kappa shape index (κ3) is 2.33. The molecule has 2 aromatic carbocycles. The van der Waals surface area contributed by atoms with E-state index in [4.69, 9.17) is 17.3 Å². The van der Waals surface area contributed by atoms with E-state index in [1.807, 2.05) is 18.2 Å². The maximum Gasteiger partial charge on any atom is 0.126 e. The topological polar surface area (TPSA) is 26.0 Å². The standard InChI is InChI=1S/C14H13ClFN/c1-9-7-10(5-6-14(9)16)11-3-2-4-13(15)12(11)8-17/h2-7H,8,17H2,1H3. The van der Waals surface area contributed by atoms with Gasteiger partial charge in [0.2, 0.25) is 0 Å². The molecule has 0 aliphatic rings. The van der Waals surface area contributed by atoms with Crippen molar-refractivity contribution < 1.29 is 4.39 Å². The predicted molar refractivity (Wildman–Crippen MR) is 69.5 cm³/mol. The zero-order valence-electron chi connectivity index (χ0n) is 9.50. The highest BCUT2D eigenvalue weighted by Gasteiger charge is 2.08. The first-order valence-corrected chi connectivity index (χ1v) is 5.75. The fourth-order valence-corrected chi connectivity index (χ4v) is 2.10. The molecule has 0 aliphatic heterocycles. The third-order valence-electron chi connectivity index (χ3n) is 2.79. The van der Waals surface area contributed by atoms with Crippen molar-refractivity contribution in [2.45, 2.75) is 13.5 Å². The molecule has 0 heterocycles. The van der Waals surface area contributed by atoms with Gasteiger partial charge in [0.1, 0.15) is 5.82 Å². The SMILES string of the molecule is Cc1cc(-c2cccc(Cl)c2CN)ccc1F. The summed E-state index contributed by atoms with van der Waals surface area (Å²) in [6, 6.07) is 10.6. The van der Waals surface area contributed by atoms with Gasteiger partial charge in [-0.2, -0.15) is 0 Å². The molecule has 17 heavy (non-hydrogen) atoms. The molecule has 0 atom stereocenters. The minimum atomic E-state index is -0.204. The van der Waals surface area contributed by atoms with Gasteiger partial charge in [-0.05, 0) is 47.4 Å². The summed E-state index contributed by atoms with van der Waals surface area (Å²) >= 11 is 6.10. The first kappa shape index (κ1) is 12.1. The van der Waals surface area contributed by atoms with E-state index in [0.717, 1.165) is 16.7 Å². The number of aryl methyl sites for hydroxylation is 1. The molecule has 0 spiro atoms. The second-order valence-corrected chi connectivity index (χ2v) is 4.34. The van der Waals surface area contributed by atoms with Crippen LogP contribution < -0.4 is 5.73 Å². The molecule has 3 heteroatoms. The van der Waals surface area contributed by atoms with Gasteiger partial charge in [0.15, 0.2) is 0 Å². The molecular formula is C14H13ClFN. The van der Waals surface area contributed by atoms with E-state index in [1.54, 1.807) is 19.1 Å². The number of hydrogen-bond donors (Lipinski definition) is 1. The zero-order valence-corrected chi connectivity index (χ0v) is 10.3. The average molecular weight is 250 g/mol. The van der Waals surface area contributed by atoms with Gasteiger partial charge in [-0.1, -0.05) is 29.8 Å². The van der Waals surface area contributed by atoms with E-state index in [-0.39, 0.29) is 5.82 Å². The molecule has 88 valence electrons. The second kappa shape index (κ2) is 4.86. The van der Waals surface area contributed by atoms with Crippen molar-refractivity contribution in [1.82, 2.24) is 0 Å². The van der Waals surface area contributed by atoms with E-state index in [2.05, 4.69) is 0 Å². The number of nitrogens with two attached hydrogens (primary N) is 1. The molecular weight excluding hydrogens is 237 g/mol. The smallest absolute Gasteiger partial charge is 0.126 e. The van der Waals surface area contributed by atoms with Crippen molar-refractivity contribution in [3.63, 3.8) is 0 Å². The van der Waals surface area contributed by atoms with Crippen molar-refractivity contribution in [2.75, 3.05) is 0 Å². The van der Waals surface area contributed by atoms with Crippen LogP contribution in [0.4, 0.5) is 4.39 Å². The monoisotopic (exact) mass is 249 g/mol. The highest BCUT2D eigenvalue weighted by molar-refractivity contribution is 6.31. The molecule has 0 aliphatic carbocycles. The van der Waals surface area contributed by atoms with Crippen LogP contribution in [0.5, 0.6) is 0 Å². The largest absolute Gasteiger partial charge is 0.326 e. The Morgan fingerprint density at radius 2 is 2.00 bits per heavy atom. The van der Waals surface area contributed by atoms with Gasteiger partial charge in [-0.3, -0.25) is 0 Å². The molecule has 0 fully saturated rings. The lowest BCUT2D eigenvalue weighted by Crippen LogP contribution is -2.00. The Labute approximate surface area is 105 Å². The van der Waals surface area contributed by atoms with Gasteiger partial charge >= 0.3 is 0 Å². The molecule has 0 saturated carbocycles. The number of halogens is 2. The van der Waals surface area contributed by atoms with Crippen LogP contribution >= 0.6 is 11.6 Å². The lowest BCUT2D eigenvalue weighted by molar-refractivity contribution is 0.619. The molecule has 0 saturated heterocycles. The first-order valence-electron chi connectivity index (χ1n) is 5.37. The first-order chi connectivity index (χ1) is 8.13. The van der Waals surface area contributed by atoms with Crippen LogP contribution in [-0.2, 0) is 6.54 Å². The van der Waals surface area contributed by atoms with Gasteiger partial charge in [-0.15, -0.1) is 0 Å². The Kier molecular flexibility index (Phi) is 3.46. The van der Waals surface area contributed by atoms with E-state index < -0.39 is 0 Å². The molecule has 0 amide bonds. The molecule has 1 nitrogen and oxygen atoms in total. The van der Waals surface area contributed by atoms with Crippen LogP contribution in [0.15, 0.2) is 36.4 Å². The summed E-state index contributed by atoms with van der Waals surface area (Å²) in [6.45, 7) is 2.11. The van der Waals surface area contributed by atoms with Gasteiger partial charge in [-0.25, -0.2) is 4.39 Å². The Bertz CT molecular complexity index is 552. The van der Waals surface area contributed by atoms with Crippen molar-refractivity contribution in [2.24, 2.45) is 5.73 Å². The maximum absolute atomic E-state index is 13.2. The number of rotatable bonds is 2. The molecule has 0 unspecified atom stereocenters. The molecule has 0 aromatic heterocycles. The summed E-state index contributed by atoms with van der Waals surface area (Å²) in [6.07, 6.45) is 0. The van der Waals surface area contributed by atoms with Crippen LogP contribution in [0.25, 0.3) is 11.1 Å². The second-order valence-electron chi connectivity index (χ2n) is 3.93. The minimum Gasteiger partial charge on any atom is -0.326 e. The fourth-order valence-electron chi connectivity index (χ4n) is 1.85. The molecule has 0 bridgehead atoms. The highest BCUT2D eigenvalue weighted by Crippen LogP contribution is 2.29. The molecule has 2 aromatic rings. The summed E-state index contributed by atoms with van der Waals surface area (Å²) in [5, 5.41) is 0.645. The molecule has 0 radical (unpaired) electrons. The van der Waals surface area contributed by atoms with Gasteiger partial charge in [0.05, 0.1) is 0 Å². The van der Waals surface area contributed by atoms with E-state index in [9.17, 15) is 4.39 Å². The van der Waals surface area contributed by atoms with Crippen molar-refractivity contribution in [1.29, 1.82) is 0 Å². The summed E-state index contributed by atoms with van der Waals surface area (Å²) in [5.74, 6) is -0.204. The summed E-state index contributed by atoms with van der Waals surface area (Å²) in [7, 11) is 0. The van der Waals surface area contributed by atoms with Crippen LogP contribution in [0, 0.1) is 12.7 Å². The highest BCUT2D eigenvalue weighted by atomic mass is 35.5. The van der Waals surface area contributed by atoms with Crippen molar-refractivity contribution >= 4 is 11.6 Å². The van der Waals surface area contributed by atoms with Crippen LogP contribution in [0.1, 0.15) is 11.1 Å². The quantitative estimate of drug-likeness (QED) is 0.858. The fraction of sp³-hybridized carbons (Fsp3) is 0.143. The Morgan fingerprint density at radius 1 is 1.24 bits per heavy atom. The van der Waals surface area contributed by atoms with Crippen LogP contribution in [0.3, 0.4) is 0 Å². The van der Waals surface area contributed by atoms with Gasteiger partial charge in [0, 0.05) is 11.6 Å². The Balaban J connectivity index is 2.60. The zero-order chi connectivity index (χ0) is 12.4. The summed E-state index contributed by atoms with van der Waals surface area (Å²) in [4.78, 5) is 0. The van der Waals surface area contributed by atoms with Crippen molar-refractivity contribution in [3.8, 4) is 11.1 Å². The molecule has 2 N–H and O–H groups in total. The van der Waals surface area contributed by atoms with Gasteiger partial charge in [0.25, 0.3) is 0 Å². The van der Waals surface area contributed by atoms with E-state index >= 15 is 0 Å². The average Bonchev–Trinajstić information content (AvgIpc) is 2.32.